The number of nitriles is 1. The van der Waals surface area contributed by atoms with E-state index >= 15 is 0 Å². The first-order chi connectivity index (χ1) is 31.9. The van der Waals surface area contributed by atoms with Crippen LogP contribution in [-0.2, 0) is 20.1 Å². The molecule has 3 heterocycles. The Balaban J connectivity index is 0.000000270. The van der Waals surface area contributed by atoms with E-state index in [4.69, 9.17) is 16.0 Å². The molecule has 6 nitrogen and oxygen atoms in total. The topological polar surface area (TPSA) is 72.0 Å². The minimum atomic E-state index is -1.31. The van der Waals surface area contributed by atoms with Crippen LogP contribution in [0.2, 0.25) is 19.6 Å². The SMILES string of the molecule is CC(C)c1cc(-c2ccc(-c3ccccc3)cc2)cc(C(C)C)c1-n1c(-c2[c-]ccc3c2oc2cc(C#N)ccc23)nc2ccccc21.[C-]#[N+]c1ccc[c-]c1-c1ccc([Si](C)(C)C)cn1.[Ir]. The third-order valence-electron chi connectivity index (χ3n) is 12.1. The van der Waals surface area contributed by atoms with Gasteiger partial charge in [-0.15, -0.1) is 36.4 Å². The van der Waals surface area contributed by atoms with Crippen LogP contribution in [0.1, 0.15) is 56.2 Å². The molecule has 0 atom stereocenters. The first-order valence-corrected chi connectivity index (χ1v) is 25.9. The van der Waals surface area contributed by atoms with Crippen LogP contribution >= 0.6 is 0 Å². The van der Waals surface area contributed by atoms with Crippen LogP contribution in [0.25, 0.3) is 88.4 Å². The molecule has 0 amide bonds. The molecule has 0 saturated heterocycles. The molecular weight excluding hydrogens is 1010 g/mol. The van der Waals surface area contributed by atoms with Crippen LogP contribution in [0.4, 0.5) is 5.69 Å². The summed E-state index contributed by atoms with van der Waals surface area (Å²) >= 11 is 0. The summed E-state index contributed by atoms with van der Waals surface area (Å²) in [6.07, 6.45) is 1.94. The van der Waals surface area contributed by atoms with Gasteiger partial charge in [0.1, 0.15) is 12.2 Å². The third-order valence-corrected chi connectivity index (χ3v) is 14.2. The first-order valence-electron chi connectivity index (χ1n) is 22.4. The number of rotatable bonds is 8. The molecule has 10 rings (SSSR count). The molecule has 8 heteroatoms. The Morgan fingerprint density at radius 3 is 1.99 bits per heavy atom. The Labute approximate surface area is 407 Å². The van der Waals surface area contributed by atoms with Crippen LogP contribution in [0.5, 0.6) is 0 Å². The van der Waals surface area contributed by atoms with Crippen LogP contribution in [-0.4, -0.2) is 22.6 Å². The second kappa shape index (κ2) is 19.3. The minimum absolute atomic E-state index is 0. The van der Waals surface area contributed by atoms with Gasteiger partial charge in [0.2, 0.25) is 5.69 Å². The van der Waals surface area contributed by atoms with E-state index in [1.165, 1.54) is 38.6 Å². The Hall–Kier alpha value is -7.19. The molecule has 67 heavy (non-hydrogen) atoms. The molecule has 0 N–H and O–H groups in total. The standard InChI is InChI=1S/C44H34N3O.C15H15N2Si.Ir/c1-27(2)37-24-33(32-20-18-31(19-21-32)30-11-6-5-7-12-30)25-38(28(3)4)42(37)47-40-16-9-8-15-39(40)46-44(47)36-14-10-13-35-34-22-17-29(26-45)23-41(34)48-43(35)36;1-16-14-8-6-5-7-13(14)15-10-9-12(11-17-15)18(2,3)4;/h5-13,15-25,27-28H,1-4H3;5-6,8-11H,2-4H3;/q2*-1;. The Kier molecular flexibility index (Phi) is 13.4. The van der Waals surface area contributed by atoms with Gasteiger partial charge in [-0.05, 0) is 98.1 Å². The number of aromatic nitrogens is 3. The number of fused-ring (bicyclic) bond motifs is 4. The molecule has 0 aliphatic carbocycles. The van der Waals surface area contributed by atoms with E-state index in [1.54, 1.807) is 12.1 Å². The van der Waals surface area contributed by atoms with Crippen molar-refractivity contribution in [2.45, 2.75) is 59.2 Å². The first kappa shape index (κ1) is 46.3. The summed E-state index contributed by atoms with van der Waals surface area (Å²) in [5, 5.41) is 12.8. The summed E-state index contributed by atoms with van der Waals surface area (Å²) in [5.74, 6) is 1.26. The van der Waals surface area contributed by atoms with E-state index < -0.39 is 8.07 Å². The maximum Gasteiger partial charge on any atom is 0.235 e. The molecule has 0 aliphatic rings. The molecule has 1 radical (unpaired) electrons. The van der Waals surface area contributed by atoms with Gasteiger partial charge in [0.05, 0.1) is 42.1 Å². The van der Waals surface area contributed by atoms with Crippen molar-refractivity contribution in [3.63, 3.8) is 0 Å². The number of nitrogens with zero attached hydrogens (tertiary/aromatic N) is 5. The fourth-order valence-corrected chi connectivity index (χ4v) is 9.62. The van der Waals surface area contributed by atoms with Gasteiger partial charge in [0.25, 0.3) is 0 Å². The molecule has 3 aromatic heterocycles. The number of imidazole rings is 1. The summed E-state index contributed by atoms with van der Waals surface area (Å²) < 4.78 is 8.83. The fourth-order valence-electron chi connectivity index (χ4n) is 8.58. The van der Waals surface area contributed by atoms with Crippen molar-refractivity contribution in [2.75, 3.05) is 0 Å². The van der Waals surface area contributed by atoms with E-state index in [0.29, 0.717) is 22.4 Å². The Morgan fingerprint density at radius 1 is 0.687 bits per heavy atom. The van der Waals surface area contributed by atoms with Crippen LogP contribution in [0, 0.1) is 30.0 Å². The molecule has 0 aliphatic heterocycles. The van der Waals surface area contributed by atoms with Crippen molar-refractivity contribution in [3.05, 3.63) is 198 Å². The minimum Gasteiger partial charge on any atom is -0.500 e. The molecule has 0 unspecified atom stereocenters. The van der Waals surface area contributed by atoms with Gasteiger partial charge in [-0.1, -0.05) is 149 Å². The Bertz CT molecular complexity index is 3450. The normalized spacial score (nSPS) is 11.3. The molecule has 7 aromatic carbocycles. The fraction of sp³-hybridized carbons (Fsp3) is 0.153. The molecule has 10 aromatic rings. The van der Waals surface area contributed by atoms with Crippen molar-refractivity contribution in [3.8, 4) is 56.7 Å². The predicted octanol–water partition coefficient (Wildman–Crippen LogP) is 15.5. The van der Waals surface area contributed by atoms with Gasteiger partial charge >= 0.3 is 0 Å². The van der Waals surface area contributed by atoms with Crippen molar-refractivity contribution in [1.82, 2.24) is 14.5 Å². The maximum absolute atomic E-state index is 9.53. The van der Waals surface area contributed by atoms with Crippen molar-refractivity contribution < 1.29 is 24.5 Å². The van der Waals surface area contributed by atoms with Crippen LogP contribution in [0.15, 0.2) is 162 Å². The van der Waals surface area contributed by atoms with Crippen molar-refractivity contribution in [1.29, 1.82) is 5.26 Å². The number of furan rings is 1. The summed E-state index contributed by atoms with van der Waals surface area (Å²) in [4.78, 5) is 13.2. The van der Waals surface area contributed by atoms with Gasteiger partial charge in [-0.3, -0.25) is 4.98 Å². The molecule has 0 spiro atoms. The van der Waals surface area contributed by atoms with Gasteiger partial charge in [-0.2, -0.15) is 10.1 Å². The number of hydrogen-bond acceptors (Lipinski definition) is 4. The van der Waals surface area contributed by atoms with E-state index in [1.807, 2.05) is 54.7 Å². The molecule has 0 fully saturated rings. The second-order valence-corrected chi connectivity index (χ2v) is 23.3. The van der Waals surface area contributed by atoms with Gasteiger partial charge in [-0.25, -0.2) is 0 Å². The van der Waals surface area contributed by atoms with E-state index in [9.17, 15) is 5.26 Å². The van der Waals surface area contributed by atoms with Gasteiger partial charge in [0.15, 0.2) is 0 Å². The molecule has 0 bridgehead atoms. The molecule has 0 saturated carbocycles. The largest absolute Gasteiger partial charge is 0.500 e. The number of pyridine rings is 1. The average Bonchev–Trinajstić information content (AvgIpc) is 3.92. The van der Waals surface area contributed by atoms with Crippen LogP contribution < -0.4 is 5.19 Å². The summed E-state index contributed by atoms with van der Waals surface area (Å²) in [5.41, 5.74) is 15.4. The van der Waals surface area contributed by atoms with E-state index in [-0.39, 0.29) is 31.9 Å². The van der Waals surface area contributed by atoms with Gasteiger partial charge in [0, 0.05) is 37.4 Å². The zero-order chi connectivity index (χ0) is 46.1. The second-order valence-electron chi connectivity index (χ2n) is 18.3. The smallest absolute Gasteiger partial charge is 0.235 e. The summed E-state index contributed by atoms with van der Waals surface area (Å²) in [7, 11) is -1.31. The monoisotopic (exact) mass is 1060 g/mol. The predicted molar refractivity (Wildman–Crippen MR) is 274 cm³/mol. The molecular formula is C59H49IrN5OSi-2. The summed E-state index contributed by atoms with van der Waals surface area (Å²) in [6, 6.07) is 60.4. The van der Waals surface area contributed by atoms with E-state index in [0.717, 1.165) is 50.1 Å². The quantitative estimate of drug-likeness (QED) is 0.112. The number of hydrogen-bond donors (Lipinski definition) is 0. The van der Waals surface area contributed by atoms with Crippen molar-refractivity contribution in [2.24, 2.45) is 0 Å². The zero-order valence-electron chi connectivity index (χ0n) is 38.6. The van der Waals surface area contributed by atoms with E-state index in [2.05, 4.69) is 171 Å². The number of benzene rings is 7. The Morgan fingerprint density at radius 2 is 1.34 bits per heavy atom. The zero-order valence-corrected chi connectivity index (χ0v) is 42.0. The third kappa shape index (κ3) is 9.18. The maximum atomic E-state index is 9.53. The van der Waals surface area contributed by atoms with Crippen LogP contribution in [0.3, 0.4) is 0 Å². The molecule has 331 valence electrons. The van der Waals surface area contributed by atoms with Crippen molar-refractivity contribution >= 4 is 51.9 Å². The van der Waals surface area contributed by atoms with Gasteiger partial charge < -0.3 is 14.0 Å². The summed E-state index contributed by atoms with van der Waals surface area (Å²) in [6.45, 7) is 23.1. The number of para-hydroxylation sites is 2. The average molecular weight is 1060 g/mol.